The first-order valence-corrected chi connectivity index (χ1v) is 6.90. The first-order chi connectivity index (χ1) is 9.33. The Labute approximate surface area is 113 Å². The molecule has 0 radical (unpaired) electrons. The summed E-state index contributed by atoms with van der Waals surface area (Å²) >= 11 is 0. The highest BCUT2D eigenvalue weighted by molar-refractivity contribution is 5.34. The highest BCUT2D eigenvalue weighted by Gasteiger charge is 2.17. The number of piperidine rings is 1. The maximum Gasteiger partial charge on any atom is 0.158 e. The zero-order chi connectivity index (χ0) is 13.1. The Morgan fingerprint density at radius 1 is 1.37 bits per heavy atom. The molecule has 0 bridgehead atoms. The van der Waals surface area contributed by atoms with Gasteiger partial charge in [0.1, 0.15) is 0 Å². The van der Waals surface area contributed by atoms with Crippen LogP contribution in [0.5, 0.6) is 0 Å². The summed E-state index contributed by atoms with van der Waals surface area (Å²) in [6.07, 6.45) is 4.67. The Balaban J connectivity index is 1.81. The van der Waals surface area contributed by atoms with Crippen molar-refractivity contribution in [1.82, 2.24) is 25.5 Å². The van der Waals surface area contributed by atoms with Crippen LogP contribution < -0.4 is 5.32 Å². The lowest BCUT2D eigenvalue weighted by molar-refractivity contribution is 0.392. The van der Waals surface area contributed by atoms with E-state index in [2.05, 4.69) is 39.9 Å². The van der Waals surface area contributed by atoms with E-state index < -0.39 is 0 Å². The first kappa shape index (κ1) is 12.3. The van der Waals surface area contributed by atoms with Crippen LogP contribution in [0.1, 0.15) is 30.7 Å². The zero-order valence-electron chi connectivity index (χ0n) is 11.2. The number of tetrazole rings is 1. The number of rotatable bonds is 3. The Morgan fingerprint density at radius 2 is 2.32 bits per heavy atom. The van der Waals surface area contributed by atoms with E-state index in [-0.39, 0.29) is 0 Å². The van der Waals surface area contributed by atoms with Crippen molar-refractivity contribution in [3.8, 4) is 5.69 Å². The molecule has 5 heteroatoms. The predicted molar refractivity (Wildman–Crippen MR) is 73.2 cm³/mol. The highest BCUT2D eigenvalue weighted by Crippen LogP contribution is 2.14. The van der Waals surface area contributed by atoms with Crippen molar-refractivity contribution in [2.24, 2.45) is 0 Å². The summed E-state index contributed by atoms with van der Waals surface area (Å²) in [5, 5.41) is 15.7. The molecule has 1 N–H and O–H groups in total. The molecule has 1 unspecified atom stereocenters. The molecule has 2 heterocycles. The summed E-state index contributed by atoms with van der Waals surface area (Å²) < 4.78 is 1.85. The van der Waals surface area contributed by atoms with E-state index >= 15 is 0 Å². The molecule has 0 spiro atoms. The summed E-state index contributed by atoms with van der Waals surface area (Å²) in [6.45, 7) is 3.19. The summed E-state index contributed by atoms with van der Waals surface area (Å²) in [4.78, 5) is 0. The standard InChI is InChI=1S/C14H19N5/c1-11-5-4-7-13(9-11)19-14(16-17-18-19)10-12-6-2-3-8-15-12/h4-5,7,9,12,15H,2-3,6,8,10H2,1H3. The fourth-order valence-corrected chi connectivity index (χ4v) is 2.61. The molecule has 5 nitrogen and oxygen atoms in total. The van der Waals surface area contributed by atoms with Crippen molar-refractivity contribution in [3.63, 3.8) is 0 Å². The molecule has 19 heavy (non-hydrogen) atoms. The number of nitrogens with one attached hydrogen (secondary N) is 1. The molecule has 2 aromatic rings. The number of nitrogens with zero attached hydrogens (tertiary/aromatic N) is 4. The Hall–Kier alpha value is -1.75. The van der Waals surface area contributed by atoms with E-state index in [0.717, 1.165) is 24.5 Å². The van der Waals surface area contributed by atoms with Crippen LogP contribution in [0.25, 0.3) is 5.69 Å². The van der Waals surface area contributed by atoms with Crippen LogP contribution in [-0.4, -0.2) is 32.8 Å². The van der Waals surface area contributed by atoms with E-state index in [1.54, 1.807) is 0 Å². The summed E-state index contributed by atoms with van der Waals surface area (Å²) in [6, 6.07) is 8.77. The van der Waals surface area contributed by atoms with Gasteiger partial charge in [-0.15, -0.1) is 5.10 Å². The molecule has 0 amide bonds. The van der Waals surface area contributed by atoms with Gasteiger partial charge < -0.3 is 5.32 Å². The van der Waals surface area contributed by atoms with Crippen LogP contribution >= 0.6 is 0 Å². The molecule has 1 aromatic carbocycles. The summed E-state index contributed by atoms with van der Waals surface area (Å²) in [7, 11) is 0. The zero-order valence-corrected chi connectivity index (χ0v) is 11.2. The second-order valence-electron chi connectivity index (χ2n) is 5.20. The molecule has 1 aliphatic rings. The number of aryl methyl sites for hydroxylation is 1. The van der Waals surface area contributed by atoms with Gasteiger partial charge in [-0.1, -0.05) is 18.6 Å². The monoisotopic (exact) mass is 257 g/mol. The van der Waals surface area contributed by atoms with Gasteiger partial charge >= 0.3 is 0 Å². The minimum atomic E-state index is 0.503. The third-order valence-electron chi connectivity index (χ3n) is 3.62. The van der Waals surface area contributed by atoms with Crippen LogP contribution in [0.3, 0.4) is 0 Å². The highest BCUT2D eigenvalue weighted by atomic mass is 15.5. The van der Waals surface area contributed by atoms with Gasteiger partial charge in [-0.25, -0.2) is 0 Å². The van der Waals surface area contributed by atoms with E-state index in [0.29, 0.717) is 6.04 Å². The van der Waals surface area contributed by atoms with Gasteiger partial charge in [0, 0.05) is 12.5 Å². The lowest BCUT2D eigenvalue weighted by Gasteiger charge is -2.22. The largest absolute Gasteiger partial charge is 0.314 e. The molecule has 1 atom stereocenters. The van der Waals surface area contributed by atoms with E-state index in [9.17, 15) is 0 Å². The molecule has 100 valence electrons. The smallest absolute Gasteiger partial charge is 0.158 e. The fraction of sp³-hybridized carbons (Fsp3) is 0.500. The predicted octanol–water partition coefficient (Wildman–Crippen LogP) is 1.66. The number of aromatic nitrogens is 4. The first-order valence-electron chi connectivity index (χ1n) is 6.90. The molecule has 1 aromatic heterocycles. The van der Waals surface area contributed by atoms with E-state index in [1.807, 2.05) is 16.8 Å². The average molecular weight is 257 g/mol. The third kappa shape index (κ3) is 2.81. The van der Waals surface area contributed by atoms with Crippen molar-refractivity contribution < 1.29 is 0 Å². The van der Waals surface area contributed by atoms with Gasteiger partial charge in [0.15, 0.2) is 5.82 Å². The molecule has 0 saturated carbocycles. The Bertz CT molecular complexity index is 542. The third-order valence-corrected chi connectivity index (χ3v) is 3.62. The van der Waals surface area contributed by atoms with Crippen LogP contribution in [0.2, 0.25) is 0 Å². The summed E-state index contributed by atoms with van der Waals surface area (Å²) in [5.74, 6) is 0.935. The van der Waals surface area contributed by atoms with Crippen LogP contribution in [0.15, 0.2) is 24.3 Å². The molecule has 1 saturated heterocycles. The summed E-state index contributed by atoms with van der Waals surface area (Å²) in [5.41, 5.74) is 2.26. The SMILES string of the molecule is Cc1cccc(-n2nnnc2CC2CCCCN2)c1. The fourth-order valence-electron chi connectivity index (χ4n) is 2.61. The normalized spacial score (nSPS) is 19.5. The van der Waals surface area contributed by atoms with Gasteiger partial charge in [-0.2, -0.15) is 4.68 Å². The number of hydrogen-bond donors (Lipinski definition) is 1. The van der Waals surface area contributed by atoms with Crippen molar-refractivity contribution in [2.45, 2.75) is 38.6 Å². The quantitative estimate of drug-likeness (QED) is 0.908. The van der Waals surface area contributed by atoms with Crippen molar-refractivity contribution in [1.29, 1.82) is 0 Å². The second-order valence-corrected chi connectivity index (χ2v) is 5.20. The molecule has 0 aliphatic carbocycles. The average Bonchev–Trinajstić information content (AvgIpc) is 2.88. The van der Waals surface area contributed by atoms with Gasteiger partial charge in [0.05, 0.1) is 5.69 Å². The van der Waals surface area contributed by atoms with Crippen LogP contribution in [0.4, 0.5) is 0 Å². The minimum Gasteiger partial charge on any atom is -0.314 e. The number of benzene rings is 1. The molecular weight excluding hydrogens is 238 g/mol. The van der Waals surface area contributed by atoms with Gasteiger partial charge in [-0.3, -0.25) is 0 Å². The lowest BCUT2D eigenvalue weighted by atomic mass is 10.0. The van der Waals surface area contributed by atoms with E-state index in [1.165, 1.54) is 24.8 Å². The van der Waals surface area contributed by atoms with Crippen LogP contribution in [-0.2, 0) is 6.42 Å². The van der Waals surface area contributed by atoms with E-state index in [4.69, 9.17) is 0 Å². The topological polar surface area (TPSA) is 55.6 Å². The van der Waals surface area contributed by atoms with Gasteiger partial charge in [0.2, 0.25) is 0 Å². The van der Waals surface area contributed by atoms with Crippen LogP contribution in [0, 0.1) is 6.92 Å². The van der Waals surface area contributed by atoms with Crippen molar-refractivity contribution in [2.75, 3.05) is 6.54 Å². The van der Waals surface area contributed by atoms with Crippen molar-refractivity contribution >= 4 is 0 Å². The molecule has 3 rings (SSSR count). The second kappa shape index (κ2) is 5.48. The van der Waals surface area contributed by atoms with Crippen molar-refractivity contribution in [3.05, 3.63) is 35.7 Å². The molecule has 1 fully saturated rings. The maximum absolute atomic E-state index is 4.18. The Morgan fingerprint density at radius 3 is 3.11 bits per heavy atom. The minimum absolute atomic E-state index is 0.503. The maximum atomic E-state index is 4.18. The Kier molecular flexibility index (Phi) is 3.55. The number of hydrogen-bond acceptors (Lipinski definition) is 4. The lowest BCUT2D eigenvalue weighted by Crippen LogP contribution is -2.36. The molecule has 1 aliphatic heterocycles. The van der Waals surface area contributed by atoms with Gasteiger partial charge in [-0.05, 0) is 54.4 Å². The molecular formula is C14H19N5. The van der Waals surface area contributed by atoms with Gasteiger partial charge in [0.25, 0.3) is 0 Å².